The lowest BCUT2D eigenvalue weighted by Gasteiger charge is -2.11. The number of carbonyl (C=O) groups is 1. The number of benzene rings is 1. The Morgan fingerprint density at radius 3 is 2.61 bits per heavy atom. The lowest BCUT2D eigenvalue weighted by atomic mass is 10.1. The van der Waals surface area contributed by atoms with Crippen LogP contribution in [0.25, 0.3) is 27.9 Å². The third-order valence-electron chi connectivity index (χ3n) is 5.57. The van der Waals surface area contributed by atoms with E-state index in [0.717, 1.165) is 0 Å². The van der Waals surface area contributed by atoms with Crippen molar-refractivity contribution in [2.75, 3.05) is 11.1 Å². The quantitative estimate of drug-likeness (QED) is 0.347. The molecule has 0 bridgehead atoms. The summed E-state index contributed by atoms with van der Waals surface area (Å²) in [5.74, 6) is -1.58. The Labute approximate surface area is 200 Å². The molecule has 13 heteroatoms. The average Bonchev–Trinajstić information content (AvgIpc) is 3.42. The van der Waals surface area contributed by atoms with E-state index in [2.05, 4.69) is 25.4 Å². The number of fused-ring (bicyclic) bond motifs is 2. The van der Waals surface area contributed by atoms with E-state index in [1.165, 1.54) is 16.9 Å². The van der Waals surface area contributed by atoms with Gasteiger partial charge in [-0.15, -0.1) is 0 Å². The molecule has 36 heavy (non-hydrogen) atoms. The van der Waals surface area contributed by atoms with Crippen molar-refractivity contribution in [1.29, 1.82) is 0 Å². The fourth-order valence-electron chi connectivity index (χ4n) is 3.84. The molecule has 3 N–H and O–H groups in total. The maximum atomic E-state index is 14.1. The molecule has 1 aromatic carbocycles. The number of nitrogens with one attached hydrogen (secondary N) is 1. The Hall–Kier alpha value is -4.55. The van der Waals surface area contributed by atoms with E-state index >= 15 is 0 Å². The summed E-state index contributed by atoms with van der Waals surface area (Å²) in [6, 6.07) is 5.13. The second-order valence-corrected chi connectivity index (χ2v) is 8.28. The second kappa shape index (κ2) is 8.29. The molecule has 4 heterocycles. The minimum atomic E-state index is -4.69. The van der Waals surface area contributed by atoms with Crippen molar-refractivity contribution < 1.29 is 22.4 Å². The number of nitrogen functional groups attached to an aromatic ring is 1. The summed E-state index contributed by atoms with van der Waals surface area (Å²) in [6.45, 7) is 3.90. The van der Waals surface area contributed by atoms with Gasteiger partial charge in [0.2, 0.25) is 0 Å². The van der Waals surface area contributed by atoms with E-state index in [-0.39, 0.29) is 17.6 Å². The standard InChI is InChI=1S/C23H18F4N8O/c1-11(2)35-21-18(20(28)30-10-31-21)19(33-35)12-5-6-34-16(9-29-17(34)7-12)22(36)32-15-8-13(23(25,26)27)3-4-14(15)24/h3-11H,1-2H3,(H,32,36)(H2,28,30,31). The van der Waals surface area contributed by atoms with Crippen molar-refractivity contribution in [3.05, 3.63) is 66.1 Å². The zero-order valence-corrected chi connectivity index (χ0v) is 18.9. The molecular weight excluding hydrogens is 480 g/mol. The Morgan fingerprint density at radius 2 is 1.89 bits per heavy atom. The van der Waals surface area contributed by atoms with E-state index in [1.807, 2.05) is 13.8 Å². The molecule has 0 fully saturated rings. The summed E-state index contributed by atoms with van der Waals surface area (Å²) >= 11 is 0. The fourth-order valence-corrected chi connectivity index (χ4v) is 3.84. The van der Waals surface area contributed by atoms with Crippen LogP contribution in [0.15, 0.2) is 49.1 Å². The monoisotopic (exact) mass is 498 g/mol. The number of aromatic nitrogens is 6. The molecule has 0 spiro atoms. The molecule has 9 nitrogen and oxygen atoms in total. The summed E-state index contributed by atoms with van der Waals surface area (Å²) < 4.78 is 56.2. The third kappa shape index (κ3) is 3.87. The Bertz CT molecular complexity index is 1640. The van der Waals surface area contributed by atoms with Crippen LogP contribution in [0.2, 0.25) is 0 Å². The van der Waals surface area contributed by atoms with Crippen LogP contribution in [0.4, 0.5) is 29.1 Å². The first-order chi connectivity index (χ1) is 17.0. The van der Waals surface area contributed by atoms with Crippen LogP contribution in [0.3, 0.4) is 0 Å². The number of pyridine rings is 1. The first-order valence-electron chi connectivity index (χ1n) is 10.7. The van der Waals surface area contributed by atoms with Gasteiger partial charge in [0, 0.05) is 17.8 Å². The lowest BCUT2D eigenvalue weighted by molar-refractivity contribution is -0.137. The van der Waals surface area contributed by atoms with E-state index in [9.17, 15) is 22.4 Å². The number of alkyl halides is 3. The largest absolute Gasteiger partial charge is 0.416 e. The molecule has 0 aliphatic carbocycles. The van der Waals surface area contributed by atoms with E-state index in [0.29, 0.717) is 46.1 Å². The molecule has 184 valence electrons. The van der Waals surface area contributed by atoms with Gasteiger partial charge in [-0.05, 0) is 44.2 Å². The summed E-state index contributed by atoms with van der Waals surface area (Å²) in [6.07, 6.45) is -0.538. The molecule has 0 aliphatic heterocycles. The minimum absolute atomic E-state index is 0.00255. The summed E-state index contributed by atoms with van der Waals surface area (Å²) in [7, 11) is 0. The molecule has 0 saturated heterocycles. The van der Waals surface area contributed by atoms with Gasteiger partial charge in [-0.3, -0.25) is 9.20 Å². The predicted octanol–water partition coefficient (Wildman–Crippen LogP) is 4.71. The van der Waals surface area contributed by atoms with Crippen molar-refractivity contribution >= 4 is 34.1 Å². The Kier molecular flexibility index (Phi) is 5.34. The van der Waals surface area contributed by atoms with Crippen LogP contribution in [-0.4, -0.2) is 35.0 Å². The Morgan fingerprint density at radius 1 is 1.11 bits per heavy atom. The van der Waals surface area contributed by atoms with Crippen molar-refractivity contribution in [1.82, 2.24) is 29.1 Å². The molecule has 0 atom stereocenters. The number of amides is 1. The van der Waals surface area contributed by atoms with Crippen LogP contribution in [0, 0.1) is 5.82 Å². The molecule has 0 radical (unpaired) electrons. The minimum Gasteiger partial charge on any atom is -0.383 e. The molecule has 1 amide bonds. The summed E-state index contributed by atoms with van der Waals surface area (Å²) in [4.78, 5) is 25.4. The topological polar surface area (TPSA) is 116 Å². The van der Waals surface area contributed by atoms with Crippen molar-refractivity contribution in [3.63, 3.8) is 0 Å². The van der Waals surface area contributed by atoms with Gasteiger partial charge < -0.3 is 11.1 Å². The van der Waals surface area contributed by atoms with Gasteiger partial charge >= 0.3 is 6.18 Å². The van der Waals surface area contributed by atoms with Crippen LogP contribution >= 0.6 is 0 Å². The molecular formula is C23H18F4N8O. The number of anilines is 2. The maximum Gasteiger partial charge on any atom is 0.416 e. The zero-order valence-electron chi connectivity index (χ0n) is 18.9. The molecule has 0 aliphatic rings. The second-order valence-electron chi connectivity index (χ2n) is 8.28. The lowest BCUT2D eigenvalue weighted by Crippen LogP contribution is -2.16. The number of halogens is 4. The summed E-state index contributed by atoms with van der Waals surface area (Å²) in [5, 5.41) is 7.40. The van der Waals surface area contributed by atoms with Crippen LogP contribution in [0.1, 0.15) is 35.9 Å². The van der Waals surface area contributed by atoms with Gasteiger partial charge in [0.15, 0.2) is 5.65 Å². The highest BCUT2D eigenvalue weighted by atomic mass is 19.4. The molecule has 0 saturated carbocycles. The van der Waals surface area contributed by atoms with Crippen LogP contribution in [-0.2, 0) is 6.18 Å². The summed E-state index contributed by atoms with van der Waals surface area (Å²) in [5.41, 5.74) is 6.50. The number of nitrogens with zero attached hydrogens (tertiary/aromatic N) is 6. The number of hydrogen-bond acceptors (Lipinski definition) is 6. The number of hydrogen-bond donors (Lipinski definition) is 2. The number of rotatable bonds is 4. The van der Waals surface area contributed by atoms with Crippen LogP contribution < -0.4 is 11.1 Å². The molecule has 0 unspecified atom stereocenters. The molecule has 5 rings (SSSR count). The van der Waals surface area contributed by atoms with Gasteiger partial charge in [0.05, 0.1) is 22.8 Å². The number of carbonyl (C=O) groups excluding carboxylic acids is 1. The van der Waals surface area contributed by atoms with E-state index in [1.54, 1.807) is 23.0 Å². The maximum absolute atomic E-state index is 14.1. The highest BCUT2D eigenvalue weighted by molar-refractivity contribution is 6.04. The van der Waals surface area contributed by atoms with Crippen LogP contribution in [0.5, 0.6) is 0 Å². The third-order valence-corrected chi connectivity index (χ3v) is 5.57. The molecule has 5 aromatic rings. The predicted molar refractivity (Wildman–Crippen MR) is 124 cm³/mol. The van der Waals surface area contributed by atoms with Crippen molar-refractivity contribution in [3.8, 4) is 11.3 Å². The van der Waals surface area contributed by atoms with Gasteiger partial charge in [0.25, 0.3) is 5.91 Å². The Balaban J connectivity index is 1.52. The van der Waals surface area contributed by atoms with Gasteiger partial charge in [-0.2, -0.15) is 18.3 Å². The van der Waals surface area contributed by atoms with Crippen molar-refractivity contribution in [2.24, 2.45) is 0 Å². The zero-order chi connectivity index (χ0) is 25.8. The smallest absolute Gasteiger partial charge is 0.383 e. The average molecular weight is 498 g/mol. The van der Waals surface area contributed by atoms with Gasteiger partial charge in [-0.1, -0.05) is 0 Å². The van der Waals surface area contributed by atoms with Gasteiger partial charge in [0.1, 0.15) is 35.0 Å². The highest BCUT2D eigenvalue weighted by Gasteiger charge is 2.31. The SMILES string of the molecule is CC(C)n1nc(-c2ccn3c(C(=O)Nc4cc(C(F)(F)F)ccc4F)cnc3c2)c2c(N)ncnc21. The highest BCUT2D eigenvalue weighted by Crippen LogP contribution is 2.33. The first-order valence-corrected chi connectivity index (χ1v) is 10.7. The fraction of sp³-hybridized carbons (Fsp3) is 0.174. The van der Waals surface area contributed by atoms with Gasteiger partial charge in [-0.25, -0.2) is 24.0 Å². The van der Waals surface area contributed by atoms with E-state index < -0.39 is 29.2 Å². The normalized spacial score (nSPS) is 12.1. The van der Waals surface area contributed by atoms with E-state index in [4.69, 9.17) is 5.73 Å². The molecule has 4 aromatic heterocycles. The number of nitrogens with two attached hydrogens (primary N) is 1. The first kappa shape index (κ1) is 23.2. The number of imidazole rings is 1. The van der Waals surface area contributed by atoms with Crippen molar-refractivity contribution in [2.45, 2.75) is 26.1 Å².